The molecule has 1 aromatic heterocycles. The number of hydrogen-bond acceptors (Lipinski definition) is 5. The molecular weight excluding hydrogens is 230 g/mol. The van der Waals surface area contributed by atoms with E-state index >= 15 is 0 Å². The molecule has 3 atom stereocenters. The molecule has 5 heteroatoms. The number of aromatic nitrogens is 2. The van der Waals surface area contributed by atoms with Gasteiger partial charge in [-0.1, -0.05) is 19.0 Å². The molecule has 1 N–H and O–H groups in total. The number of rotatable bonds is 3. The van der Waals surface area contributed by atoms with E-state index in [9.17, 15) is 0 Å². The molecule has 1 saturated heterocycles. The summed E-state index contributed by atoms with van der Waals surface area (Å²) in [7, 11) is 0. The number of hydrogen-bond donors (Lipinski definition) is 1. The third-order valence-electron chi connectivity index (χ3n) is 4.76. The van der Waals surface area contributed by atoms with E-state index in [1.165, 1.54) is 12.8 Å². The van der Waals surface area contributed by atoms with E-state index in [0.29, 0.717) is 30.0 Å². The minimum atomic E-state index is 0.148. The van der Waals surface area contributed by atoms with Gasteiger partial charge in [0.25, 0.3) is 0 Å². The topological polar surface area (TPSA) is 60.2 Å². The van der Waals surface area contributed by atoms with Gasteiger partial charge in [-0.15, -0.1) is 0 Å². The van der Waals surface area contributed by atoms with Gasteiger partial charge in [0.2, 0.25) is 0 Å². The first kappa shape index (κ1) is 10.8. The first-order chi connectivity index (χ1) is 8.66. The fourth-order valence-corrected chi connectivity index (χ4v) is 3.55. The molecule has 0 unspecified atom stereocenters. The van der Waals surface area contributed by atoms with Crippen LogP contribution < -0.4 is 5.32 Å². The minimum Gasteiger partial charge on any atom is -0.377 e. The maximum absolute atomic E-state index is 5.78. The molecule has 98 valence electrons. The molecule has 3 fully saturated rings. The molecule has 2 heterocycles. The molecule has 0 radical (unpaired) electrons. The summed E-state index contributed by atoms with van der Waals surface area (Å²) in [5.74, 6) is 2.01. The van der Waals surface area contributed by atoms with Gasteiger partial charge >= 0.3 is 6.01 Å². The van der Waals surface area contributed by atoms with Gasteiger partial charge in [-0.2, -0.15) is 4.98 Å². The average molecular weight is 249 g/mol. The van der Waals surface area contributed by atoms with Crippen LogP contribution in [0.4, 0.5) is 6.01 Å². The second-order valence-electron chi connectivity index (χ2n) is 6.42. The highest BCUT2D eigenvalue weighted by atomic mass is 16.5. The lowest BCUT2D eigenvalue weighted by Crippen LogP contribution is -2.63. The van der Waals surface area contributed by atoms with Crippen molar-refractivity contribution in [3.63, 3.8) is 0 Å². The predicted molar refractivity (Wildman–Crippen MR) is 65.3 cm³/mol. The molecule has 0 spiro atoms. The lowest BCUT2D eigenvalue weighted by Gasteiger charge is -2.54. The van der Waals surface area contributed by atoms with Crippen molar-refractivity contribution in [3.8, 4) is 0 Å². The highest BCUT2D eigenvalue weighted by Crippen LogP contribution is 2.53. The Bertz CT molecular complexity index is 467. The van der Waals surface area contributed by atoms with E-state index in [1.54, 1.807) is 0 Å². The maximum atomic E-state index is 5.78. The zero-order chi connectivity index (χ0) is 12.3. The molecule has 0 aromatic carbocycles. The van der Waals surface area contributed by atoms with Gasteiger partial charge < -0.3 is 14.6 Å². The van der Waals surface area contributed by atoms with Gasteiger partial charge in [0.15, 0.2) is 5.82 Å². The Kier molecular flexibility index (Phi) is 2.08. The number of anilines is 1. The summed E-state index contributed by atoms with van der Waals surface area (Å²) < 4.78 is 11.1. The Morgan fingerprint density at radius 1 is 1.28 bits per heavy atom. The van der Waals surface area contributed by atoms with Crippen LogP contribution in [-0.4, -0.2) is 28.9 Å². The minimum absolute atomic E-state index is 0.148. The summed E-state index contributed by atoms with van der Waals surface area (Å²) in [6, 6.07) is 0.970. The Balaban J connectivity index is 1.50. The fraction of sp³-hybridized carbons (Fsp3) is 0.846. The summed E-state index contributed by atoms with van der Waals surface area (Å²) in [5.41, 5.74) is 0.148. The van der Waals surface area contributed by atoms with Crippen LogP contribution in [0.15, 0.2) is 4.52 Å². The van der Waals surface area contributed by atoms with Gasteiger partial charge in [0, 0.05) is 29.9 Å². The molecular formula is C13H19N3O2. The average Bonchev–Trinajstić information content (AvgIpc) is 2.93. The van der Waals surface area contributed by atoms with E-state index in [2.05, 4.69) is 29.3 Å². The Morgan fingerprint density at radius 3 is 2.89 bits per heavy atom. The normalized spacial score (nSPS) is 37.1. The van der Waals surface area contributed by atoms with Crippen molar-refractivity contribution in [1.29, 1.82) is 0 Å². The summed E-state index contributed by atoms with van der Waals surface area (Å²) in [6.07, 6.45) is 3.93. The van der Waals surface area contributed by atoms with E-state index in [-0.39, 0.29) is 5.41 Å². The molecule has 0 bridgehead atoms. The number of nitrogens with one attached hydrogen (secondary N) is 1. The van der Waals surface area contributed by atoms with Crippen molar-refractivity contribution in [2.45, 2.75) is 51.2 Å². The second-order valence-corrected chi connectivity index (χ2v) is 6.42. The zero-order valence-electron chi connectivity index (χ0n) is 10.8. The Morgan fingerprint density at radius 2 is 2.11 bits per heavy atom. The lowest BCUT2D eigenvalue weighted by molar-refractivity contribution is -0.0929. The third kappa shape index (κ3) is 1.43. The molecule has 5 nitrogen and oxygen atoms in total. The molecule has 1 aliphatic heterocycles. The predicted octanol–water partition coefficient (Wildman–Crippen LogP) is 2.17. The zero-order valence-corrected chi connectivity index (χ0v) is 10.8. The second kappa shape index (κ2) is 3.47. The molecule has 4 rings (SSSR count). The maximum Gasteiger partial charge on any atom is 0.321 e. The van der Waals surface area contributed by atoms with Gasteiger partial charge in [-0.05, 0) is 19.3 Å². The van der Waals surface area contributed by atoms with Crippen LogP contribution >= 0.6 is 0 Å². The summed E-state index contributed by atoms with van der Waals surface area (Å²) in [4.78, 5) is 4.44. The van der Waals surface area contributed by atoms with Crippen molar-refractivity contribution >= 4 is 6.01 Å². The van der Waals surface area contributed by atoms with Crippen LogP contribution in [0.25, 0.3) is 0 Å². The summed E-state index contributed by atoms with van der Waals surface area (Å²) >= 11 is 0. The van der Waals surface area contributed by atoms with Crippen LogP contribution in [0.5, 0.6) is 0 Å². The Hall–Kier alpha value is -1.10. The largest absolute Gasteiger partial charge is 0.377 e. The van der Waals surface area contributed by atoms with Gasteiger partial charge in [0.05, 0.1) is 6.10 Å². The van der Waals surface area contributed by atoms with E-state index < -0.39 is 0 Å². The first-order valence-corrected chi connectivity index (χ1v) is 6.88. The Labute approximate surface area is 106 Å². The molecule has 2 saturated carbocycles. The monoisotopic (exact) mass is 249 g/mol. The highest BCUT2D eigenvalue weighted by Gasteiger charge is 2.59. The van der Waals surface area contributed by atoms with Crippen molar-refractivity contribution in [2.24, 2.45) is 11.3 Å². The number of fused-ring (bicyclic) bond motifs is 1. The highest BCUT2D eigenvalue weighted by molar-refractivity contribution is 5.29. The fourth-order valence-electron chi connectivity index (χ4n) is 3.55. The molecule has 3 aliphatic rings. The van der Waals surface area contributed by atoms with E-state index in [4.69, 9.17) is 9.26 Å². The van der Waals surface area contributed by atoms with Crippen LogP contribution in [-0.2, 0) is 4.74 Å². The summed E-state index contributed by atoms with van der Waals surface area (Å²) in [6.45, 7) is 5.37. The SMILES string of the molecule is CC1(C)[C@H](Nc2nc(C3CC3)no2)[C@H]2CCO[C@@H]21. The van der Waals surface area contributed by atoms with Crippen LogP contribution in [0.1, 0.15) is 44.9 Å². The van der Waals surface area contributed by atoms with Crippen molar-refractivity contribution in [1.82, 2.24) is 10.1 Å². The van der Waals surface area contributed by atoms with Crippen molar-refractivity contribution in [3.05, 3.63) is 5.82 Å². The van der Waals surface area contributed by atoms with Gasteiger partial charge in [-0.25, -0.2) is 0 Å². The first-order valence-electron chi connectivity index (χ1n) is 6.88. The molecule has 1 aromatic rings. The molecule has 18 heavy (non-hydrogen) atoms. The standard InChI is InChI=1S/C13H19N3O2/c1-13(2)9(8-5-6-17-10(8)13)14-12-15-11(16-18-12)7-3-4-7/h7-10H,3-6H2,1-2H3,(H,14,15,16)/t8-,9-,10+/m1/s1. The van der Waals surface area contributed by atoms with E-state index in [1.807, 2.05) is 0 Å². The molecule has 0 amide bonds. The van der Waals surface area contributed by atoms with Crippen LogP contribution in [0.2, 0.25) is 0 Å². The van der Waals surface area contributed by atoms with Crippen LogP contribution in [0, 0.1) is 11.3 Å². The summed E-state index contributed by atoms with van der Waals surface area (Å²) in [5, 5.41) is 7.47. The van der Waals surface area contributed by atoms with Gasteiger partial charge in [0.1, 0.15) is 0 Å². The third-order valence-corrected chi connectivity index (χ3v) is 4.76. The van der Waals surface area contributed by atoms with Gasteiger partial charge in [-0.3, -0.25) is 0 Å². The molecule has 2 aliphatic carbocycles. The van der Waals surface area contributed by atoms with Crippen molar-refractivity contribution < 1.29 is 9.26 Å². The number of nitrogens with zero attached hydrogens (tertiary/aromatic N) is 2. The van der Waals surface area contributed by atoms with Crippen molar-refractivity contribution in [2.75, 3.05) is 11.9 Å². The van der Waals surface area contributed by atoms with E-state index in [0.717, 1.165) is 18.9 Å². The lowest BCUT2D eigenvalue weighted by atomic mass is 9.57. The number of ether oxygens (including phenoxy) is 1. The smallest absolute Gasteiger partial charge is 0.321 e. The van der Waals surface area contributed by atoms with Crippen LogP contribution in [0.3, 0.4) is 0 Å². The quantitative estimate of drug-likeness (QED) is 0.889.